The highest BCUT2D eigenvalue weighted by molar-refractivity contribution is 5.84. The van der Waals surface area contributed by atoms with Crippen molar-refractivity contribution in [1.82, 2.24) is 0 Å². The number of para-hydroxylation sites is 2. The van der Waals surface area contributed by atoms with Gasteiger partial charge in [-0.2, -0.15) is 0 Å². The molecule has 0 unspecified atom stereocenters. The first-order valence-electron chi connectivity index (χ1n) is 9.75. The summed E-state index contributed by atoms with van der Waals surface area (Å²) in [6.45, 7) is 1.32. The van der Waals surface area contributed by atoms with Gasteiger partial charge >= 0.3 is 0 Å². The van der Waals surface area contributed by atoms with Gasteiger partial charge in [0, 0.05) is 12.8 Å². The molecule has 0 aliphatic heterocycles. The molecule has 0 aliphatic rings. The summed E-state index contributed by atoms with van der Waals surface area (Å²) in [7, 11) is 0. The van der Waals surface area contributed by atoms with Crippen molar-refractivity contribution in [2.75, 3.05) is 13.2 Å². The molecule has 0 radical (unpaired) electrons. The van der Waals surface area contributed by atoms with Gasteiger partial charge in [-0.05, 0) is 46.2 Å². The molecule has 0 N–H and O–H groups in total. The summed E-state index contributed by atoms with van der Waals surface area (Å²) in [6.07, 6.45) is 1.75. The summed E-state index contributed by atoms with van der Waals surface area (Å²) in [4.78, 5) is 0. The van der Waals surface area contributed by atoms with Crippen molar-refractivity contribution < 1.29 is 9.47 Å². The number of rotatable bonds is 8. The Morgan fingerprint density at radius 1 is 0.464 bits per heavy atom. The summed E-state index contributed by atoms with van der Waals surface area (Å²) >= 11 is 0. The molecule has 0 spiro atoms. The largest absolute Gasteiger partial charge is 0.493 e. The molecular formula is C26H24O2. The van der Waals surface area contributed by atoms with Crippen LogP contribution in [0.5, 0.6) is 11.5 Å². The highest BCUT2D eigenvalue weighted by Gasteiger charge is 2.07. The number of fused-ring (bicyclic) bond motifs is 1. The molecule has 2 nitrogen and oxygen atoms in total. The van der Waals surface area contributed by atoms with Crippen LogP contribution in [0, 0.1) is 0 Å². The quantitative estimate of drug-likeness (QED) is 0.375. The Bertz CT molecular complexity index is 926. The van der Waals surface area contributed by atoms with Crippen LogP contribution in [0.4, 0.5) is 0 Å². The molecule has 0 atom stereocenters. The standard InChI is InChI=1S/C26H24O2/c1-3-11-25(12-4-1)27-17-15-23-19-21-9-7-8-10-22(21)20-24(23)16-18-28-26-13-5-2-6-14-26/h1-14,19-20H,15-18H2. The Balaban J connectivity index is 1.47. The van der Waals surface area contributed by atoms with Gasteiger partial charge in [0.05, 0.1) is 13.2 Å². The molecule has 4 aromatic rings. The van der Waals surface area contributed by atoms with Crippen LogP contribution in [0.2, 0.25) is 0 Å². The van der Waals surface area contributed by atoms with Gasteiger partial charge < -0.3 is 9.47 Å². The predicted molar refractivity (Wildman–Crippen MR) is 115 cm³/mol. The molecule has 0 aromatic heterocycles. The van der Waals surface area contributed by atoms with E-state index < -0.39 is 0 Å². The van der Waals surface area contributed by atoms with Crippen molar-refractivity contribution >= 4 is 10.8 Å². The monoisotopic (exact) mass is 368 g/mol. The fraction of sp³-hybridized carbons (Fsp3) is 0.154. The smallest absolute Gasteiger partial charge is 0.119 e. The van der Waals surface area contributed by atoms with E-state index in [1.54, 1.807) is 0 Å². The maximum absolute atomic E-state index is 5.92. The third-order valence-electron chi connectivity index (χ3n) is 4.83. The van der Waals surface area contributed by atoms with E-state index in [1.165, 1.54) is 21.9 Å². The van der Waals surface area contributed by atoms with E-state index in [2.05, 4.69) is 36.4 Å². The molecule has 4 aromatic carbocycles. The Morgan fingerprint density at radius 3 is 1.29 bits per heavy atom. The van der Waals surface area contributed by atoms with Crippen molar-refractivity contribution in [3.8, 4) is 11.5 Å². The second-order valence-electron chi connectivity index (χ2n) is 6.79. The van der Waals surface area contributed by atoms with Crippen LogP contribution >= 0.6 is 0 Å². The van der Waals surface area contributed by atoms with Crippen LogP contribution in [0.15, 0.2) is 97.1 Å². The lowest BCUT2D eigenvalue weighted by molar-refractivity contribution is 0.315. The Hall–Kier alpha value is -3.26. The minimum atomic E-state index is 0.662. The zero-order chi connectivity index (χ0) is 19.0. The average molecular weight is 368 g/mol. The molecule has 2 heteroatoms. The normalized spacial score (nSPS) is 10.7. The van der Waals surface area contributed by atoms with Gasteiger partial charge in [-0.1, -0.05) is 72.8 Å². The van der Waals surface area contributed by atoms with E-state index in [0.29, 0.717) is 13.2 Å². The molecule has 0 heterocycles. The first kappa shape index (κ1) is 18.1. The fourth-order valence-electron chi connectivity index (χ4n) is 3.39. The maximum atomic E-state index is 5.92. The molecule has 0 bridgehead atoms. The highest BCUT2D eigenvalue weighted by atomic mass is 16.5. The molecule has 4 rings (SSSR count). The van der Waals surface area contributed by atoms with Gasteiger partial charge in [-0.25, -0.2) is 0 Å². The Morgan fingerprint density at radius 2 is 0.857 bits per heavy atom. The van der Waals surface area contributed by atoms with Crippen LogP contribution in [0.1, 0.15) is 11.1 Å². The second kappa shape index (κ2) is 9.09. The fourth-order valence-corrected chi connectivity index (χ4v) is 3.39. The summed E-state index contributed by atoms with van der Waals surface area (Å²) in [5, 5.41) is 2.54. The molecule has 140 valence electrons. The minimum absolute atomic E-state index is 0.662. The van der Waals surface area contributed by atoms with E-state index in [1.807, 2.05) is 60.7 Å². The van der Waals surface area contributed by atoms with Gasteiger partial charge in [-0.3, -0.25) is 0 Å². The number of hydrogen-bond acceptors (Lipinski definition) is 2. The molecule has 0 saturated carbocycles. The van der Waals surface area contributed by atoms with Crippen LogP contribution in [-0.4, -0.2) is 13.2 Å². The third-order valence-corrected chi connectivity index (χ3v) is 4.83. The first-order chi connectivity index (χ1) is 13.9. The van der Waals surface area contributed by atoms with Gasteiger partial charge in [0.25, 0.3) is 0 Å². The average Bonchev–Trinajstić information content (AvgIpc) is 2.75. The molecule has 0 saturated heterocycles. The van der Waals surface area contributed by atoms with Gasteiger partial charge in [0.2, 0.25) is 0 Å². The van der Waals surface area contributed by atoms with Crippen molar-refractivity contribution in [2.45, 2.75) is 12.8 Å². The molecule has 0 aliphatic carbocycles. The SMILES string of the molecule is c1ccc(OCCc2cc3ccccc3cc2CCOc2ccccc2)cc1. The minimum Gasteiger partial charge on any atom is -0.493 e. The predicted octanol–water partition coefficient (Wildman–Crippen LogP) is 6.08. The topological polar surface area (TPSA) is 18.5 Å². The highest BCUT2D eigenvalue weighted by Crippen LogP contribution is 2.22. The third kappa shape index (κ3) is 4.72. The summed E-state index contributed by atoms with van der Waals surface area (Å²) in [5.74, 6) is 1.83. The Kier molecular flexibility index (Phi) is 5.89. The van der Waals surface area contributed by atoms with E-state index in [4.69, 9.17) is 9.47 Å². The summed E-state index contributed by atoms with van der Waals surface area (Å²) < 4.78 is 11.8. The number of benzene rings is 4. The lowest BCUT2D eigenvalue weighted by Crippen LogP contribution is -2.07. The molecule has 0 amide bonds. The van der Waals surface area contributed by atoms with E-state index in [9.17, 15) is 0 Å². The van der Waals surface area contributed by atoms with Crippen LogP contribution in [-0.2, 0) is 12.8 Å². The number of ether oxygens (including phenoxy) is 2. The van der Waals surface area contributed by atoms with Crippen molar-refractivity contribution in [1.29, 1.82) is 0 Å². The Labute approximate surface area is 166 Å². The maximum Gasteiger partial charge on any atom is 0.119 e. The lowest BCUT2D eigenvalue weighted by atomic mass is 9.97. The van der Waals surface area contributed by atoms with Gasteiger partial charge in [0.15, 0.2) is 0 Å². The van der Waals surface area contributed by atoms with Crippen LogP contribution in [0.3, 0.4) is 0 Å². The van der Waals surface area contributed by atoms with E-state index in [-0.39, 0.29) is 0 Å². The van der Waals surface area contributed by atoms with Crippen LogP contribution in [0.25, 0.3) is 10.8 Å². The summed E-state index contributed by atoms with van der Waals surface area (Å²) in [5.41, 5.74) is 2.65. The zero-order valence-corrected chi connectivity index (χ0v) is 15.9. The zero-order valence-electron chi connectivity index (χ0n) is 15.9. The first-order valence-corrected chi connectivity index (χ1v) is 9.75. The van der Waals surface area contributed by atoms with Crippen LogP contribution < -0.4 is 9.47 Å². The van der Waals surface area contributed by atoms with Crippen molar-refractivity contribution in [2.24, 2.45) is 0 Å². The van der Waals surface area contributed by atoms with Gasteiger partial charge in [-0.15, -0.1) is 0 Å². The van der Waals surface area contributed by atoms with Gasteiger partial charge in [0.1, 0.15) is 11.5 Å². The lowest BCUT2D eigenvalue weighted by Gasteiger charge is -2.13. The van der Waals surface area contributed by atoms with Crippen molar-refractivity contribution in [3.63, 3.8) is 0 Å². The molecular weight excluding hydrogens is 344 g/mol. The van der Waals surface area contributed by atoms with E-state index in [0.717, 1.165) is 24.3 Å². The second-order valence-corrected chi connectivity index (χ2v) is 6.79. The molecule has 28 heavy (non-hydrogen) atoms. The number of hydrogen-bond donors (Lipinski definition) is 0. The van der Waals surface area contributed by atoms with E-state index >= 15 is 0 Å². The molecule has 0 fully saturated rings. The van der Waals surface area contributed by atoms with Crippen molar-refractivity contribution in [3.05, 3.63) is 108 Å². The summed E-state index contributed by atoms with van der Waals surface area (Å²) in [6, 6.07) is 33.1.